The van der Waals surface area contributed by atoms with Crippen molar-refractivity contribution in [1.82, 2.24) is 0 Å². The van der Waals surface area contributed by atoms with Gasteiger partial charge in [0, 0.05) is 0 Å². The molecule has 0 aliphatic rings. The van der Waals surface area contributed by atoms with Gasteiger partial charge in [-0.2, -0.15) is 0 Å². The zero-order chi connectivity index (χ0) is 20.9. The van der Waals surface area contributed by atoms with Crippen LogP contribution >= 0.6 is 0 Å². The summed E-state index contributed by atoms with van der Waals surface area (Å²) in [5.41, 5.74) is 6.59. The number of benzene rings is 2. The fourth-order valence-corrected chi connectivity index (χ4v) is 6.24. The summed E-state index contributed by atoms with van der Waals surface area (Å²) in [4.78, 5) is 0. The number of aryl methyl sites for hydroxylation is 2. The second-order valence-corrected chi connectivity index (χ2v) is 10.2. The zero-order valence-electron chi connectivity index (χ0n) is 20.0. The predicted octanol–water partition coefficient (Wildman–Crippen LogP) is 1.10. The molecular formula is C28H42Cl2Pd. The third-order valence-corrected chi connectivity index (χ3v) is 8.00. The van der Waals surface area contributed by atoms with Crippen LogP contribution in [0.5, 0.6) is 0 Å². The second kappa shape index (κ2) is 18.1. The van der Waals surface area contributed by atoms with Gasteiger partial charge >= 0.3 is 189 Å². The van der Waals surface area contributed by atoms with Gasteiger partial charge in [0.15, 0.2) is 0 Å². The zero-order valence-corrected chi connectivity index (χ0v) is 23.1. The molecule has 0 spiro atoms. The molecule has 0 saturated carbocycles. The van der Waals surface area contributed by atoms with E-state index in [1.807, 2.05) is 0 Å². The average molecular weight is 556 g/mol. The Hall–Kier alpha value is -0.318. The van der Waals surface area contributed by atoms with Gasteiger partial charge in [-0.1, -0.05) is 0 Å². The molecule has 0 aliphatic heterocycles. The Balaban J connectivity index is 0.00000450. The van der Waals surface area contributed by atoms with Gasteiger partial charge < -0.3 is 24.8 Å². The Morgan fingerprint density at radius 1 is 0.516 bits per heavy atom. The fourth-order valence-electron chi connectivity index (χ4n) is 3.87. The Morgan fingerprint density at radius 3 is 1.23 bits per heavy atom. The number of halogens is 2. The monoisotopic (exact) mass is 554 g/mol. The van der Waals surface area contributed by atoms with Crippen LogP contribution in [0, 0.1) is 0 Å². The summed E-state index contributed by atoms with van der Waals surface area (Å²) in [7, 11) is 0. The Bertz CT molecular complexity index is 665. The number of unbranched alkanes of at least 4 members (excludes halogenated alkanes) is 4. The van der Waals surface area contributed by atoms with Crippen LogP contribution in [-0.2, 0) is 43.7 Å². The van der Waals surface area contributed by atoms with E-state index in [4.69, 9.17) is 0 Å². The molecule has 0 saturated heterocycles. The molecule has 0 nitrogen and oxygen atoms in total. The number of hydrogen-bond acceptors (Lipinski definition) is 0. The van der Waals surface area contributed by atoms with Crippen LogP contribution < -0.4 is 32.9 Å². The summed E-state index contributed by atoms with van der Waals surface area (Å²) in [6.45, 7) is 9.25. The molecule has 2 rings (SSSR count). The fraction of sp³-hybridized carbons (Fsp3) is 0.571. The van der Waals surface area contributed by atoms with Crippen molar-refractivity contribution in [3.63, 3.8) is 0 Å². The first-order valence-electron chi connectivity index (χ1n) is 12.0. The molecule has 0 atom stereocenters. The Morgan fingerprint density at radius 2 is 0.871 bits per heavy atom. The maximum Gasteiger partial charge on any atom is -1.00 e. The normalized spacial score (nSPS) is 10.6. The van der Waals surface area contributed by atoms with E-state index in [1.54, 1.807) is 30.3 Å². The molecule has 2 aromatic rings. The van der Waals surface area contributed by atoms with Crippen molar-refractivity contribution >= 4 is 8.07 Å². The summed E-state index contributed by atoms with van der Waals surface area (Å²) >= 11 is 0.552. The van der Waals surface area contributed by atoms with Gasteiger partial charge in [-0.05, 0) is 0 Å². The van der Waals surface area contributed by atoms with Crippen molar-refractivity contribution in [1.29, 1.82) is 0 Å². The van der Waals surface area contributed by atoms with Gasteiger partial charge in [0.05, 0.1) is 0 Å². The van der Waals surface area contributed by atoms with Crippen LogP contribution in [0.25, 0.3) is 0 Å². The number of rotatable bonds is 14. The first-order valence-corrected chi connectivity index (χ1v) is 13.6. The van der Waals surface area contributed by atoms with Gasteiger partial charge in [0.25, 0.3) is 0 Å². The molecule has 0 fully saturated rings. The van der Waals surface area contributed by atoms with E-state index < -0.39 is 0 Å². The molecule has 0 unspecified atom stereocenters. The van der Waals surface area contributed by atoms with Crippen molar-refractivity contribution < 1.29 is 42.8 Å². The first-order chi connectivity index (χ1) is 14.2. The van der Waals surface area contributed by atoms with E-state index in [0.717, 1.165) is 0 Å². The minimum Gasteiger partial charge on any atom is -1.00 e. The molecule has 0 aromatic heterocycles. The van der Waals surface area contributed by atoms with Gasteiger partial charge in [-0.3, -0.25) is 0 Å². The minimum atomic E-state index is 0. The van der Waals surface area contributed by atoms with Crippen LogP contribution in [0.2, 0.25) is 0 Å². The molecule has 0 heterocycles. The molecule has 3 heteroatoms. The average Bonchev–Trinajstić information content (AvgIpc) is 2.74. The molecular weight excluding hydrogens is 514 g/mol. The van der Waals surface area contributed by atoms with Gasteiger partial charge in [0.2, 0.25) is 0 Å². The van der Waals surface area contributed by atoms with E-state index in [-0.39, 0.29) is 24.8 Å². The van der Waals surface area contributed by atoms with Gasteiger partial charge in [0.1, 0.15) is 0 Å². The minimum absolute atomic E-state index is 0. The van der Waals surface area contributed by atoms with Crippen molar-refractivity contribution in [2.75, 3.05) is 0 Å². The largest absolute Gasteiger partial charge is 1.00 e. The molecule has 0 bridgehead atoms. The summed E-state index contributed by atoms with van der Waals surface area (Å²) < 4.78 is 3.26. The molecule has 178 valence electrons. The van der Waals surface area contributed by atoms with Crippen molar-refractivity contribution in [2.24, 2.45) is 0 Å². The van der Waals surface area contributed by atoms with Crippen LogP contribution in [0.15, 0.2) is 36.4 Å². The standard InChI is InChI=1S/2C14H21.2ClH.Pd/c2*1-3-5-9-13-11-7-8-12-14(13)10-6-4-2;;;/h2*7-8,11H,3-6,9-10H2,1-2H3;2*1H;/q;;;;+2/p-2. The SMILES string of the molecule is CCCCc1ccc[c]([Pd+2][c]2cccc(CCCC)c2CCCC)c1CCCC.[Cl-].[Cl-]. The van der Waals surface area contributed by atoms with E-state index >= 15 is 0 Å². The Labute approximate surface area is 213 Å². The number of hydrogen-bond donors (Lipinski definition) is 0. The molecule has 2 aromatic carbocycles. The first kappa shape index (κ1) is 30.7. The third kappa shape index (κ3) is 10.0. The van der Waals surface area contributed by atoms with Crippen LogP contribution in [0.3, 0.4) is 0 Å². The summed E-state index contributed by atoms with van der Waals surface area (Å²) in [5.74, 6) is 0. The molecule has 0 N–H and O–H groups in total. The van der Waals surface area contributed by atoms with Gasteiger partial charge in [-0.15, -0.1) is 0 Å². The maximum absolute atomic E-state index is 2.43. The molecule has 0 amide bonds. The summed E-state index contributed by atoms with van der Waals surface area (Å²) in [5, 5.41) is 0. The van der Waals surface area contributed by atoms with Crippen molar-refractivity contribution in [3.8, 4) is 0 Å². The molecule has 31 heavy (non-hydrogen) atoms. The van der Waals surface area contributed by atoms with E-state index in [0.29, 0.717) is 18.0 Å². The van der Waals surface area contributed by atoms with Gasteiger partial charge in [-0.25, -0.2) is 0 Å². The van der Waals surface area contributed by atoms with Crippen LogP contribution in [0.1, 0.15) is 101 Å². The van der Waals surface area contributed by atoms with E-state index in [1.165, 1.54) is 77.0 Å². The van der Waals surface area contributed by atoms with Crippen LogP contribution in [-0.4, -0.2) is 0 Å². The predicted molar refractivity (Wildman–Crippen MR) is 127 cm³/mol. The summed E-state index contributed by atoms with van der Waals surface area (Å²) in [6.07, 6.45) is 15.4. The van der Waals surface area contributed by atoms with Crippen LogP contribution in [0.4, 0.5) is 0 Å². The van der Waals surface area contributed by atoms with Crippen molar-refractivity contribution in [2.45, 2.75) is 105 Å². The van der Waals surface area contributed by atoms with E-state index in [9.17, 15) is 0 Å². The third-order valence-electron chi connectivity index (χ3n) is 5.70. The van der Waals surface area contributed by atoms with Crippen molar-refractivity contribution in [3.05, 3.63) is 58.7 Å². The maximum atomic E-state index is 2.43. The topological polar surface area (TPSA) is 0 Å². The smallest absolute Gasteiger partial charge is 1.00 e. The Kier molecular flexibility index (Phi) is 18.0. The molecule has 0 aliphatic carbocycles. The summed E-state index contributed by atoms with van der Waals surface area (Å²) in [6, 6.07) is 14.3. The van der Waals surface area contributed by atoms with E-state index in [2.05, 4.69) is 64.1 Å². The molecule has 0 radical (unpaired) electrons. The second-order valence-electron chi connectivity index (χ2n) is 8.18. The quantitative estimate of drug-likeness (QED) is 0.306.